The fourth-order valence-corrected chi connectivity index (χ4v) is 2.18. The van der Waals surface area contributed by atoms with Crippen LogP contribution >= 0.6 is 15.9 Å². The maximum absolute atomic E-state index is 12.9. The van der Waals surface area contributed by atoms with Crippen molar-refractivity contribution in [1.82, 2.24) is 0 Å². The van der Waals surface area contributed by atoms with Crippen molar-refractivity contribution in [3.8, 4) is 0 Å². The lowest BCUT2D eigenvalue weighted by atomic mass is 10.1. The SMILES string of the molecule is CC(=O)Nc1ccc(C(F)(F)F)cc1NC(=O)c1ccc(Br)cc1. The summed E-state index contributed by atoms with van der Waals surface area (Å²) >= 11 is 3.23. The van der Waals surface area contributed by atoms with E-state index >= 15 is 0 Å². The van der Waals surface area contributed by atoms with E-state index in [4.69, 9.17) is 0 Å². The van der Waals surface area contributed by atoms with Crippen molar-refractivity contribution in [3.05, 3.63) is 58.1 Å². The Hall–Kier alpha value is -2.35. The summed E-state index contributed by atoms with van der Waals surface area (Å²) in [5.74, 6) is -1.05. The number of carbonyl (C=O) groups excluding carboxylic acids is 2. The second-order valence-electron chi connectivity index (χ2n) is 4.90. The molecule has 0 bridgehead atoms. The first-order valence-electron chi connectivity index (χ1n) is 6.72. The Balaban J connectivity index is 2.36. The number of alkyl halides is 3. The molecule has 2 rings (SSSR count). The van der Waals surface area contributed by atoms with Gasteiger partial charge in [-0.25, -0.2) is 0 Å². The Kier molecular flexibility index (Phi) is 5.28. The maximum atomic E-state index is 12.9. The molecule has 0 saturated heterocycles. The van der Waals surface area contributed by atoms with E-state index in [1.165, 1.54) is 19.1 Å². The van der Waals surface area contributed by atoms with Gasteiger partial charge in [0.15, 0.2) is 0 Å². The predicted octanol–water partition coefficient (Wildman–Crippen LogP) is 4.68. The molecule has 0 aliphatic carbocycles. The van der Waals surface area contributed by atoms with Crippen molar-refractivity contribution < 1.29 is 22.8 Å². The number of hydrogen-bond donors (Lipinski definition) is 2. The Labute approximate surface area is 144 Å². The summed E-state index contributed by atoms with van der Waals surface area (Å²) in [4.78, 5) is 23.4. The van der Waals surface area contributed by atoms with E-state index < -0.39 is 23.6 Å². The second-order valence-corrected chi connectivity index (χ2v) is 5.82. The smallest absolute Gasteiger partial charge is 0.325 e. The predicted molar refractivity (Wildman–Crippen MR) is 87.8 cm³/mol. The van der Waals surface area contributed by atoms with Crippen LogP contribution in [-0.2, 0) is 11.0 Å². The van der Waals surface area contributed by atoms with Crippen LogP contribution in [0.15, 0.2) is 46.9 Å². The average molecular weight is 401 g/mol. The van der Waals surface area contributed by atoms with Gasteiger partial charge in [-0.3, -0.25) is 9.59 Å². The molecule has 2 N–H and O–H groups in total. The lowest BCUT2D eigenvalue weighted by Crippen LogP contribution is -2.16. The molecular weight excluding hydrogens is 389 g/mol. The van der Waals surface area contributed by atoms with Gasteiger partial charge in [0.25, 0.3) is 5.91 Å². The topological polar surface area (TPSA) is 58.2 Å². The van der Waals surface area contributed by atoms with Crippen LogP contribution in [0.25, 0.3) is 0 Å². The standard InChI is InChI=1S/C16H12BrF3N2O2/c1-9(23)21-13-7-4-11(16(18,19)20)8-14(13)22-15(24)10-2-5-12(17)6-3-10/h2-8H,1H3,(H,21,23)(H,22,24). The largest absolute Gasteiger partial charge is 0.416 e. The van der Waals surface area contributed by atoms with Crippen LogP contribution in [0.3, 0.4) is 0 Å². The fraction of sp³-hybridized carbons (Fsp3) is 0.125. The van der Waals surface area contributed by atoms with E-state index in [9.17, 15) is 22.8 Å². The van der Waals surface area contributed by atoms with Gasteiger partial charge in [-0.05, 0) is 42.5 Å². The van der Waals surface area contributed by atoms with Crippen molar-refractivity contribution in [2.24, 2.45) is 0 Å². The van der Waals surface area contributed by atoms with Gasteiger partial charge in [-0.2, -0.15) is 13.2 Å². The number of hydrogen-bond acceptors (Lipinski definition) is 2. The van der Waals surface area contributed by atoms with Crippen LogP contribution in [-0.4, -0.2) is 11.8 Å². The first-order valence-corrected chi connectivity index (χ1v) is 7.52. The molecule has 0 saturated carbocycles. The zero-order chi connectivity index (χ0) is 17.9. The minimum absolute atomic E-state index is 0.0842. The molecule has 4 nitrogen and oxygen atoms in total. The highest BCUT2D eigenvalue weighted by Crippen LogP contribution is 2.34. The highest BCUT2D eigenvalue weighted by Gasteiger charge is 2.31. The summed E-state index contributed by atoms with van der Waals surface area (Å²) in [7, 11) is 0. The molecular formula is C16H12BrF3N2O2. The fourth-order valence-electron chi connectivity index (χ4n) is 1.92. The average Bonchev–Trinajstić information content (AvgIpc) is 2.48. The Morgan fingerprint density at radius 1 is 0.958 bits per heavy atom. The van der Waals surface area contributed by atoms with Gasteiger partial charge in [-0.1, -0.05) is 15.9 Å². The van der Waals surface area contributed by atoms with Gasteiger partial charge in [0.2, 0.25) is 5.91 Å². The van der Waals surface area contributed by atoms with Gasteiger partial charge in [0.05, 0.1) is 16.9 Å². The molecule has 0 spiro atoms. The van der Waals surface area contributed by atoms with Crippen LogP contribution in [0.1, 0.15) is 22.8 Å². The number of carbonyl (C=O) groups is 2. The Morgan fingerprint density at radius 2 is 1.58 bits per heavy atom. The second kappa shape index (κ2) is 7.04. The van der Waals surface area contributed by atoms with Crippen LogP contribution in [0, 0.1) is 0 Å². The van der Waals surface area contributed by atoms with Crippen LogP contribution < -0.4 is 10.6 Å². The van der Waals surface area contributed by atoms with Crippen molar-refractivity contribution in [2.45, 2.75) is 13.1 Å². The van der Waals surface area contributed by atoms with E-state index in [-0.39, 0.29) is 16.9 Å². The number of halogens is 4. The summed E-state index contributed by atoms with van der Waals surface area (Å²) in [6, 6.07) is 9.02. The van der Waals surface area contributed by atoms with E-state index in [1.807, 2.05) is 0 Å². The quantitative estimate of drug-likeness (QED) is 0.785. The molecule has 0 radical (unpaired) electrons. The molecule has 2 aromatic rings. The maximum Gasteiger partial charge on any atom is 0.416 e. The van der Waals surface area contributed by atoms with E-state index in [2.05, 4.69) is 26.6 Å². The number of anilines is 2. The van der Waals surface area contributed by atoms with Gasteiger partial charge < -0.3 is 10.6 Å². The molecule has 126 valence electrons. The summed E-state index contributed by atoms with van der Waals surface area (Å²) in [6.45, 7) is 1.22. The molecule has 0 atom stereocenters. The van der Waals surface area contributed by atoms with Crippen LogP contribution in [0.5, 0.6) is 0 Å². The molecule has 0 aromatic heterocycles. The molecule has 2 aromatic carbocycles. The molecule has 0 aliphatic rings. The van der Waals surface area contributed by atoms with Gasteiger partial charge in [0.1, 0.15) is 0 Å². The number of nitrogens with one attached hydrogen (secondary N) is 2. The molecule has 8 heteroatoms. The third-order valence-electron chi connectivity index (χ3n) is 3.01. The Morgan fingerprint density at radius 3 is 2.12 bits per heavy atom. The summed E-state index contributed by atoms with van der Waals surface area (Å²) in [5.41, 5.74) is -0.707. The highest BCUT2D eigenvalue weighted by atomic mass is 79.9. The first kappa shape index (κ1) is 18.0. The Bertz CT molecular complexity index is 774. The molecule has 24 heavy (non-hydrogen) atoms. The lowest BCUT2D eigenvalue weighted by Gasteiger charge is -2.15. The van der Waals surface area contributed by atoms with Gasteiger partial charge >= 0.3 is 6.18 Å². The third kappa shape index (κ3) is 4.58. The lowest BCUT2D eigenvalue weighted by molar-refractivity contribution is -0.137. The monoisotopic (exact) mass is 400 g/mol. The van der Waals surface area contributed by atoms with Crippen LogP contribution in [0.2, 0.25) is 0 Å². The zero-order valence-electron chi connectivity index (χ0n) is 12.4. The normalized spacial score (nSPS) is 11.0. The first-order chi connectivity index (χ1) is 11.2. The molecule has 0 aliphatic heterocycles. The summed E-state index contributed by atoms with van der Waals surface area (Å²) in [5, 5.41) is 4.78. The van der Waals surface area contributed by atoms with E-state index in [0.717, 1.165) is 22.7 Å². The van der Waals surface area contributed by atoms with Crippen molar-refractivity contribution in [3.63, 3.8) is 0 Å². The van der Waals surface area contributed by atoms with Crippen molar-refractivity contribution in [1.29, 1.82) is 0 Å². The zero-order valence-corrected chi connectivity index (χ0v) is 14.0. The highest BCUT2D eigenvalue weighted by molar-refractivity contribution is 9.10. The minimum Gasteiger partial charge on any atom is -0.325 e. The van der Waals surface area contributed by atoms with Crippen LogP contribution in [0.4, 0.5) is 24.5 Å². The number of amides is 2. The third-order valence-corrected chi connectivity index (χ3v) is 3.54. The molecule has 0 fully saturated rings. The molecule has 2 amide bonds. The van der Waals surface area contributed by atoms with E-state index in [1.54, 1.807) is 12.1 Å². The molecule has 0 heterocycles. The number of rotatable bonds is 3. The van der Waals surface area contributed by atoms with E-state index in [0.29, 0.717) is 0 Å². The van der Waals surface area contributed by atoms with Gasteiger partial charge in [-0.15, -0.1) is 0 Å². The van der Waals surface area contributed by atoms with Crippen molar-refractivity contribution >= 4 is 39.1 Å². The van der Waals surface area contributed by atoms with Crippen molar-refractivity contribution in [2.75, 3.05) is 10.6 Å². The minimum atomic E-state index is -4.56. The number of benzene rings is 2. The molecule has 0 unspecified atom stereocenters. The summed E-state index contributed by atoms with van der Waals surface area (Å²) < 4.78 is 39.3. The van der Waals surface area contributed by atoms with Gasteiger partial charge in [0, 0.05) is 17.0 Å². The summed E-state index contributed by atoms with van der Waals surface area (Å²) in [6.07, 6.45) is -4.56.